The number of aromatic nitrogens is 2. The van der Waals surface area contributed by atoms with Crippen LogP contribution in [0.2, 0.25) is 0 Å². The average Bonchev–Trinajstić information content (AvgIpc) is 2.40. The number of nitrogens with one attached hydrogen (secondary N) is 1. The molecule has 0 saturated carbocycles. The zero-order chi connectivity index (χ0) is 14.7. The number of benzene rings is 1. The largest absolute Gasteiger partial charge is 0.357 e. The van der Waals surface area contributed by atoms with E-state index in [0.717, 1.165) is 9.37 Å². The fraction of sp³-hybridized carbons (Fsp3) is 0.167. The van der Waals surface area contributed by atoms with Crippen molar-refractivity contribution in [3.05, 3.63) is 44.5 Å². The molecule has 6 nitrogen and oxygen atoms in total. The second kappa shape index (κ2) is 6.19. The third-order valence-corrected chi connectivity index (χ3v) is 4.48. The summed E-state index contributed by atoms with van der Waals surface area (Å²) in [6.45, 7) is 1.60. The third kappa shape index (κ3) is 3.07. The number of hydrogen-bond donors (Lipinski definition) is 1. The van der Waals surface area contributed by atoms with Crippen LogP contribution in [0.3, 0.4) is 0 Å². The van der Waals surface area contributed by atoms with Crippen LogP contribution in [-0.2, 0) is 0 Å². The van der Waals surface area contributed by atoms with Gasteiger partial charge in [-0.15, -0.1) is 0 Å². The summed E-state index contributed by atoms with van der Waals surface area (Å²) < 4.78 is 0.863. The number of anilines is 1. The molecule has 1 heterocycles. The predicted molar refractivity (Wildman–Crippen MR) is 81.2 cm³/mol. The fourth-order valence-electron chi connectivity index (χ4n) is 1.57. The Morgan fingerprint density at radius 2 is 2.05 bits per heavy atom. The van der Waals surface area contributed by atoms with Crippen molar-refractivity contribution in [2.24, 2.45) is 0 Å². The Hall–Kier alpha value is -1.67. The molecule has 0 radical (unpaired) electrons. The molecule has 1 aromatic carbocycles. The summed E-state index contributed by atoms with van der Waals surface area (Å²) in [6.07, 6.45) is 0. The van der Waals surface area contributed by atoms with Gasteiger partial charge in [-0.1, -0.05) is 23.9 Å². The number of nitro groups is 1. The van der Waals surface area contributed by atoms with Crippen molar-refractivity contribution in [3.63, 3.8) is 0 Å². The Morgan fingerprint density at radius 1 is 1.35 bits per heavy atom. The van der Waals surface area contributed by atoms with E-state index in [0.29, 0.717) is 16.7 Å². The summed E-state index contributed by atoms with van der Waals surface area (Å²) in [5, 5.41) is 14.3. The Bertz CT molecular complexity index is 666. The number of hydrogen-bond acceptors (Lipinski definition) is 6. The molecule has 0 unspecified atom stereocenters. The molecule has 1 N–H and O–H groups in total. The minimum Gasteiger partial charge on any atom is -0.357 e. The molecule has 0 fully saturated rings. The number of aryl methyl sites for hydroxylation is 1. The summed E-state index contributed by atoms with van der Waals surface area (Å²) in [5.74, 6) is 0.364. The first-order valence-electron chi connectivity index (χ1n) is 5.66. The summed E-state index contributed by atoms with van der Waals surface area (Å²) >= 11 is 4.65. The van der Waals surface area contributed by atoms with Gasteiger partial charge in [-0.05, 0) is 35.0 Å². The van der Waals surface area contributed by atoms with Gasteiger partial charge in [0.25, 0.3) is 0 Å². The lowest BCUT2D eigenvalue weighted by atomic mass is 10.4. The van der Waals surface area contributed by atoms with Crippen LogP contribution >= 0.6 is 27.7 Å². The van der Waals surface area contributed by atoms with Crippen LogP contribution < -0.4 is 5.32 Å². The minimum absolute atomic E-state index is 0.0650. The van der Waals surface area contributed by atoms with E-state index < -0.39 is 4.92 Å². The monoisotopic (exact) mass is 354 g/mol. The van der Waals surface area contributed by atoms with Gasteiger partial charge in [0.1, 0.15) is 5.69 Å². The molecule has 0 amide bonds. The molecule has 1 aromatic heterocycles. The minimum atomic E-state index is -0.450. The molecule has 104 valence electrons. The van der Waals surface area contributed by atoms with Crippen LogP contribution in [0.1, 0.15) is 5.69 Å². The third-order valence-electron chi connectivity index (χ3n) is 2.48. The van der Waals surface area contributed by atoms with Gasteiger partial charge in [0.2, 0.25) is 5.95 Å². The van der Waals surface area contributed by atoms with E-state index in [9.17, 15) is 10.1 Å². The Labute approximate surface area is 128 Å². The van der Waals surface area contributed by atoms with Crippen LogP contribution in [0.15, 0.2) is 38.7 Å². The Balaban J connectivity index is 2.52. The van der Waals surface area contributed by atoms with Gasteiger partial charge in [0, 0.05) is 16.4 Å². The van der Waals surface area contributed by atoms with Gasteiger partial charge in [-0.3, -0.25) is 10.1 Å². The van der Waals surface area contributed by atoms with Crippen molar-refractivity contribution in [1.82, 2.24) is 9.97 Å². The van der Waals surface area contributed by atoms with Crippen LogP contribution in [0.4, 0.5) is 11.6 Å². The van der Waals surface area contributed by atoms with Crippen molar-refractivity contribution in [1.29, 1.82) is 0 Å². The summed E-state index contributed by atoms with van der Waals surface area (Å²) in [7, 11) is 1.67. The number of nitrogens with zero attached hydrogens (tertiary/aromatic N) is 3. The first-order chi connectivity index (χ1) is 9.52. The highest BCUT2D eigenvalue weighted by molar-refractivity contribution is 9.10. The Kier molecular flexibility index (Phi) is 4.56. The van der Waals surface area contributed by atoms with Gasteiger partial charge < -0.3 is 5.32 Å². The van der Waals surface area contributed by atoms with Crippen LogP contribution in [0, 0.1) is 17.0 Å². The average molecular weight is 355 g/mol. The lowest BCUT2D eigenvalue weighted by Gasteiger charge is -2.07. The summed E-state index contributed by atoms with van der Waals surface area (Å²) in [4.78, 5) is 19.8. The van der Waals surface area contributed by atoms with E-state index in [1.165, 1.54) is 11.8 Å². The van der Waals surface area contributed by atoms with Crippen molar-refractivity contribution in [2.45, 2.75) is 16.8 Å². The highest BCUT2D eigenvalue weighted by Crippen LogP contribution is 2.38. The quantitative estimate of drug-likeness (QED) is 0.512. The van der Waals surface area contributed by atoms with E-state index in [2.05, 4.69) is 31.2 Å². The molecule has 8 heteroatoms. The normalized spacial score (nSPS) is 10.3. The molecule has 0 saturated heterocycles. The Morgan fingerprint density at radius 3 is 2.65 bits per heavy atom. The molecule has 2 rings (SSSR count). The van der Waals surface area contributed by atoms with Crippen LogP contribution in [0.25, 0.3) is 0 Å². The van der Waals surface area contributed by atoms with Crippen molar-refractivity contribution >= 4 is 39.3 Å². The van der Waals surface area contributed by atoms with Gasteiger partial charge >= 0.3 is 5.69 Å². The lowest BCUT2D eigenvalue weighted by Crippen LogP contribution is -2.04. The van der Waals surface area contributed by atoms with Crippen LogP contribution in [0.5, 0.6) is 0 Å². The summed E-state index contributed by atoms with van der Waals surface area (Å²) in [6, 6.07) is 7.49. The first-order valence-corrected chi connectivity index (χ1v) is 7.27. The molecule has 0 aliphatic carbocycles. The van der Waals surface area contributed by atoms with Crippen molar-refractivity contribution in [3.8, 4) is 0 Å². The topological polar surface area (TPSA) is 81.0 Å². The standard InChI is InChI=1S/C12H11BrN4O2S/c1-7-10(17(18)19)11(16-12(14-2)15-7)20-9-6-4-3-5-8(9)13/h3-6H,1-2H3,(H,14,15,16). The molecule has 2 aromatic rings. The molecule has 0 atom stereocenters. The zero-order valence-electron chi connectivity index (χ0n) is 10.8. The van der Waals surface area contributed by atoms with Crippen LogP contribution in [-0.4, -0.2) is 21.9 Å². The molecular weight excluding hydrogens is 344 g/mol. The van der Waals surface area contributed by atoms with E-state index in [1.807, 2.05) is 24.3 Å². The second-order valence-corrected chi connectivity index (χ2v) is 5.71. The SMILES string of the molecule is CNc1nc(C)c([N+](=O)[O-])c(Sc2ccccc2Br)n1. The van der Waals surface area contributed by atoms with E-state index >= 15 is 0 Å². The predicted octanol–water partition coefficient (Wildman–Crippen LogP) is 3.65. The smallest absolute Gasteiger partial charge is 0.322 e. The second-order valence-electron chi connectivity index (χ2n) is 3.83. The van der Waals surface area contributed by atoms with Gasteiger partial charge in [0.15, 0.2) is 5.03 Å². The molecule has 0 aliphatic rings. The van der Waals surface area contributed by atoms with Crippen molar-refractivity contribution in [2.75, 3.05) is 12.4 Å². The lowest BCUT2D eigenvalue weighted by molar-refractivity contribution is -0.389. The summed E-state index contributed by atoms with van der Waals surface area (Å²) in [5.41, 5.74) is 0.272. The molecule has 20 heavy (non-hydrogen) atoms. The first kappa shape index (κ1) is 14.7. The highest BCUT2D eigenvalue weighted by Gasteiger charge is 2.23. The maximum Gasteiger partial charge on any atom is 0.322 e. The maximum absolute atomic E-state index is 11.2. The number of rotatable bonds is 4. The van der Waals surface area contributed by atoms with Gasteiger partial charge in [-0.2, -0.15) is 4.98 Å². The maximum atomic E-state index is 11.2. The molecular formula is C12H11BrN4O2S. The molecule has 0 bridgehead atoms. The highest BCUT2D eigenvalue weighted by atomic mass is 79.9. The van der Waals surface area contributed by atoms with Crippen molar-refractivity contribution < 1.29 is 4.92 Å². The van der Waals surface area contributed by atoms with E-state index in [-0.39, 0.29) is 5.69 Å². The van der Waals surface area contributed by atoms with Gasteiger partial charge in [-0.25, -0.2) is 4.98 Å². The van der Waals surface area contributed by atoms with E-state index in [1.54, 1.807) is 14.0 Å². The van der Waals surface area contributed by atoms with E-state index in [4.69, 9.17) is 0 Å². The fourth-order valence-corrected chi connectivity index (χ4v) is 3.06. The number of halogens is 1. The zero-order valence-corrected chi connectivity index (χ0v) is 13.2. The molecule has 0 aliphatic heterocycles. The molecule has 0 spiro atoms. The van der Waals surface area contributed by atoms with Gasteiger partial charge in [0.05, 0.1) is 4.92 Å².